The van der Waals surface area contributed by atoms with Gasteiger partial charge < -0.3 is 14.3 Å². The Bertz CT molecular complexity index is 618. The molecule has 0 aromatic carbocycles. The first kappa shape index (κ1) is 14.7. The van der Waals surface area contributed by atoms with Crippen LogP contribution in [0.1, 0.15) is 24.6 Å². The highest BCUT2D eigenvalue weighted by Crippen LogP contribution is 2.30. The minimum Gasteiger partial charge on any atom is -0.379 e. The van der Waals surface area contributed by atoms with Gasteiger partial charge in [-0.1, -0.05) is 0 Å². The summed E-state index contributed by atoms with van der Waals surface area (Å²) in [4.78, 5) is 34.4. The summed E-state index contributed by atoms with van der Waals surface area (Å²) >= 11 is 0. The van der Waals surface area contributed by atoms with E-state index < -0.39 is 11.9 Å². The largest absolute Gasteiger partial charge is 0.379 e. The van der Waals surface area contributed by atoms with Crippen molar-refractivity contribution in [2.45, 2.75) is 38.2 Å². The van der Waals surface area contributed by atoms with Crippen LogP contribution in [0.4, 0.5) is 0 Å². The van der Waals surface area contributed by atoms with Crippen LogP contribution in [-0.4, -0.2) is 34.7 Å². The highest BCUT2D eigenvalue weighted by atomic mass is 16.6. The topological polar surface area (TPSA) is 79.5 Å². The van der Waals surface area contributed by atoms with Crippen molar-refractivity contribution in [3.8, 4) is 0 Å². The third-order valence-corrected chi connectivity index (χ3v) is 3.60. The second-order valence-corrected chi connectivity index (χ2v) is 4.91. The number of aldehydes is 1. The van der Waals surface area contributed by atoms with Gasteiger partial charge in [-0.2, -0.15) is 0 Å². The molecule has 1 aromatic rings. The van der Waals surface area contributed by atoms with Crippen LogP contribution in [0.15, 0.2) is 15.8 Å². The zero-order chi connectivity index (χ0) is 14.9. The Balaban J connectivity index is 2.37. The molecule has 2 heterocycles. The SMILES string of the molecule is COC1CC(n2cc(C)c(=O)n(C)c2=O)OC1CC=O. The van der Waals surface area contributed by atoms with Crippen LogP contribution in [0.2, 0.25) is 0 Å². The van der Waals surface area contributed by atoms with Crippen LogP contribution < -0.4 is 11.2 Å². The first-order valence-electron chi connectivity index (χ1n) is 6.40. The summed E-state index contributed by atoms with van der Waals surface area (Å²) in [6.45, 7) is 1.64. The van der Waals surface area contributed by atoms with Crippen LogP contribution in [0.3, 0.4) is 0 Å². The zero-order valence-electron chi connectivity index (χ0n) is 11.7. The summed E-state index contributed by atoms with van der Waals surface area (Å²) in [5.74, 6) is 0. The van der Waals surface area contributed by atoms with Crippen LogP contribution in [0.5, 0.6) is 0 Å². The Morgan fingerprint density at radius 1 is 1.50 bits per heavy atom. The molecule has 3 unspecified atom stereocenters. The molecule has 0 radical (unpaired) electrons. The predicted molar refractivity (Wildman–Crippen MR) is 70.7 cm³/mol. The quantitative estimate of drug-likeness (QED) is 0.711. The van der Waals surface area contributed by atoms with E-state index in [1.54, 1.807) is 14.0 Å². The molecule has 1 aliphatic heterocycles. The molecule has 0 amide bonds. The van der Waals surface area contributed by atoms with Crippen molar-refractivity contribution in [3.05, 3.63) is 32.6 Å². The highest BCUT2D eigenvalue weighted by molar-refractivity contribution is 5.50. The van der Waals surface area contributed by atoms with Gasteiger partial charge in [-0.15, -0.1) is 0 Å². The molecule has 110 valence electrons. The Kier molecular flexibility index (Phi) is 4.20. The minimum absolute atomic E-state index is 0.217. The molecule has 7 nitrogen and oxygen atoms in total. The molecule has 20 heavy (non-hydrogen) atoms. The van der Waals surface area contributed by atoms with Crippen molar-refractivity contribution in [2.24, 2.45) is 7.05 Å². The summed E-state index contributed by atoms with van der Waals surface area (Å²) in [5, 5.41) is 0. The van der Waals surface area contributed by atoms with E-state index in [2.05, 4.69) is 0 Å². The summed E-state index contributed by atoms with van der Waals surface area (Å²) in [6, 6.07) is 0. The monoisotopic (exact) mass is 282 g/mol. The number of nitrogens with zero attached hydrogens (tertiary/aromatic N) is 2. The molecular formula is C13H18N2O5. The third-order valence-electron chi connectivity index (χ3n) is 3.60. The molecule has 0 N–H and O–H groups in total. The molecule has 1 aromatic heterocycles. The Labute approximate surface area is 115 Å². The number of rotatable bonds is 4. The van der Waals surface area contributed by atoms with Crippen LogP contribution >= 0.6 is 0 Å². The Morgan fingerprint density at radius 2 is 2.20 bits per heavy atom. The van der Waals surface area contributed by atoms with Gasteiger partial charge in [0.1, 0.15) is 12.5 Å². The molecule has 1 saturated heterocycles. The lowest BCUT2D eigenvalue weighted by atomic mass is 10.1. The van der Waals surface area contributed by atoms with E-state index in [-0.39, 0.29) is 24.2 Å². The van der Waals surface area contributed by atoms with E-state index in [0.717, 1.165) is 10.9 Å². The van der Waals surface area contributed by atoms with Crippen LogP contribution in [0, 0.1) is 6.92 Å². The third kappa shape index (κ3) is 2.46. The molecule has 0 saturated carbocycles. The van der Waals surface area contributed by atoms with Gasteiger partial charge in [0.25, 0.3) is 5.56 Å². The molecule has 0 bridgehead atoms. The first-order valence-corrected chi connectivity index (χ1v) is 6.40. The normalized spacial score (nSPS) is 25.9. The van der Waals surface area contributed by atoms with Gasteiger partial charge >= 0.3 is 5.69 Å². The van der Waals surface area contributed by atoms with Crippen molar-refractivity contribution in [2.75, 3.05) is 7.11 Å². The maximum absolute atomic E-state index is 12.1. The first-order chi connectivity index (χ1) is 9.49. The number of hydrogen-bond acceptors (Lipinski definition) is 5. The van der Waals surface area contributed by atoms with Crippen molar-refractivity contribution in [1.29, 1.82) is 0 Å². The van der Waals surface area contributed by atoms with Gasteiger partial charge in [0.2, 0.25) is 0 Å². The number of methoxy groups -OCH3 is 1. The predicted octanol–water partition coefficient (Wildman–Crippen LogP) is -0.253. The second kappa shape index (κ2) is 5.72. The molecule has 0 spiro atoms. The van der Waals surface area contributed by atoms with Crippen molar-refractivity contribution in [1.82, 2.24) is 9.13 Å². The minimum atomic E-state index is -0.525. The van der Waals surface area contributed by atoms with E-state index in [1.165, 1.54) is 17.8 Å². The summed E-state index contributed by atoms with van der Waals surface area (Å²) < 4.78 is 13.4. The highest BCUT2D eigenvalue weighted by Gasteiger charge is 2.36. The van der Waals surface area contributed by atoms with E-state index in [1.807, 2.05) is 0 Å². The second-order valence-electron chi connectivity index (χ2n) is 4.91. The standard InChI is InChI=1S/C13H18N2O5/c1-8-7-15(13(18)14(2)12(8)17)11-6-10(19-3)9(20-11)4-5-16/h5,7,9-11H,4,6H2,1-3H3. The molecule has 3 atom stereocenters. The fraction of sp³-hybridized carbons (Fsp3) is 0.615. The molecule has 1 aliphatic rings. The number of ether oxygens (including phenoxy) is 2. The maximum atomic E-state index is 12.1. The van der Waals surface area contributed by atoms with E-state index in [0.29, 0.717) is 12.0 Å². The number of aryl methyl sites for hydroxylation is 1. The van der Waals surface area contributed by atoms with Crippen molar-refractivity contribution < 1.29 is 14.3 Å². The average Bonchev–Trinajstić information content (AvgIpc) is 2.84. The van der Waals surface area contributed by atoms with Gasteiger partial charge in [0.15, 0.2) is 0 Å². The van der Waals surface area contributed by atoms with Crippen LogP contribution in [0.25, 0.3) is 0 Å². The fourth-order valence-corrected chi connectivity index (χ4v) is 2.47. The van der Waals surface area contributed by atoms with Gasteiger partial charge in [-0.3, -0.25) is 13.9 Å². The van der Waals surface area contributed by atoms with Gasteiger partial charge in [-0.05, 0) is 6.92 Å². The number of hydrogen-bond donors (Lipinski definition) is 0. The molecule has 0 aliphatic carbocycles. The van der Waals surface area contributed by atoms with Crippen molar-refractivity contribution in [3.63, 3.8) is 0 Å². The average molecular weight is 282 g/mol. The number of aromatic nitrogens is 2. The summed E-state index contributed by atoms with van der Waals surface area (Å²) in [5.41, 5.74) is -0.298. The lowest BCUT2D eigenvalue weighted by Gasteiger charge is -2.16. The summed E-state index contributed by atoms with van der Waals surface area (Å²) in [6.07, 6.45) is 1.81. The smallest absolute Gasteiger partial charge is 0.332 e. The molecule has 1 fully saturated rings. The van der Waals surface area contributed by atoms with E-state index in [9.17, 15) is 14.4 Å². The van der Waals surface area contributed by atoms with E-state index in [4.69, 9.17) is 9.47 Å². The number of carbonyl (C=O) groups is 1. The van der Waals surface area contributed by atoms with Gasteiger partial charge in [0.05, 0.1) is 12.2 Å². The van der Waals surface area contributed by atoms with Crippen LogP contribution in [-0.2, 0) is 21.3 Å². The Morgan fingerprint density at radius 3 is 2.80 bits per heavy atom. The fourth-order valence-electron chi connectivity index (χ4n) is 2.47. The summed E-state index contributed by atoms with van der Waals surface area (Å²) in [7, 11) is 2.98. The lowest BCUT2D eigenvalue weighted by Crippen LogP contribution is -2.40. The molecular weight excluding hydrogens is 264 g/mol. The van der Waals surface area contributed by atoms with Crippen molar-refractivity contribution >= 4 is 6.29 Å². The molecule has 2 rings (SSSR count). The van der Waals surface area contributed by atoms with Gasteiger partial charge in [0, 0.05) is 38.8 Å². The molecule has 7 heteroatoms. The number of carbonyl (C=O) groups excluding carboxylic acids is 1. The van der Waals surface area contributed by atoms with E-state index >= 15 is 0 Å². The Hall–Kier alpha value is -1.73. The lowest BCUT2D eigenvalue weighted by molar-refractivity contribution is -0.112. The maximum Gasteiger partial charge on any atom is 0.332 e. The van der Waals surface area contributed by atoms with Gasteiger partial charge in [-0.25, -0.2) is 4.79 Å². The zero-order valence-corrected chi connectivity index (χ0v) is 11.7.